The average molecular weight is 448 g/mol. The Hall–Kier alpha value is -2.10. The maximum absolute atomic E-state index is 12.4. The molecule has 0 spiro atoms. The fourth-order valence-electron chi connectivity index (χ4n) is 3.23. The van der Waals surface area contributed by atoms with E-state index in [0.29, 0.717) is 17.3 Å². The number of nitrogens with zero attached hydrogens (tertiary/aromatic N) is 4. The van der Waals surface area contributed by atoms with Crippen molar-refractivity contribution in [2.24, 2.45) is 5.92 Å². The number of aromatic nitrogens is 3. The molecule has 7 nitrogen and oxygen atoms in total. The van der Waals surface area contributed by atoms with Crippen LogP contribution in [-0.2, 0) is 11.3 Å². The molecule has 0 radical (unpaired) electrons. The molecule has 27 heavy (non-hydrogen) atoms. The highest BCUT2D eigenvalue weighted by molar-refractivity contribution is 9.10. The predicted molar refractivity (Wildman–Crippen MR) is 108 cm³/mol. The van der Waals surface area contributed by atoms with Crippen LogP contribution in [0.3, 0.4) is 0 Å². The number of carbonyl (C=O) groups excluding carboxylic acids is 1. The third kappa shape index (κ3) is 4.26. The van der Waals surface area contributed by atoms with Gasteiger partial charge in [-0.15, -0.1) is 11.3 Å². The first-order valence-corrected chi connectivity index (χ1v) is 10.4. The summed E-state index contributed by atoms with van der Waals surface area (Å²) in [6.07, 6.45) is 4.97. The summed E-state index contributed by atoms with van der Waals surface area (Å²) < 4.78 is 2.43. The summed E-state index contributed by atoms with van der Waals surface area (Å²) in [4.78, 5) is 36.2. The van der Waals surface area contributed by atoms with Gasteiger partial charge in [0.15, 0.2) is 4.96 Å². The van der Waals surface area contributed by atoms with E-state index in [2.05, 4.69) is 36.1 Å². The second kappa shape index (κ2) is 7.87. The summed E-state index contributed by atoms with van der Waals surface area (Å²) in [7, 11) is 0. The minimum absolute atomic E-state index is 0.0147. The predicted octanol–water partition coefficient (Wildman–Crippen LogP) is 2.76. The Morgan fingerprint density at radius 1 is 1.33 bits per heavy atom. The quantitative estimate of drug-likeness (QED) is 0.664. The number of piperidine rings is 1. The van der Waals surface area contributed by atoms with E-state index in [-0.39, 0.29) is 17.4 Å². The fraction of sp³-hybridized carbons (Fsp3) is 0.333. The summed E-state index contributed by atoms with van der Waals surface area (Å²) >= 11 is 4.79. The molecular formula is C18H18BrN5O2S. The van der Waals surface area contributed by atoms with Crippen LogP contribution in [0, 0.1) is 5.92 Å². The topological polar surface area (TPSA) is 79.6 Å². The summed E-state index contributed by atoms with van der Waals surface area (Å²) in [6, 6.07) is 5.23. The van der Waals surface area contributed by atoms with Gasteiger partial charge in [0, 0.05) is 40.8 Å². The van der Waals surface area contributed by atoms with Crippen molar-refractivity contribution in [1.82, 2.24) is 19.3 Å². The van der Waals surface area contributed by atoms with E-state index in [0.717, 1.165) is 36.1 Å². The zero-order valence-corrected chi connectivity index (χ0v) is 16.9. The maximum atomic E-state index is 12.4. The molecule has 1 amide bonds. The number of amides is 1. The Morgan fingerprint density at radius 3 is 2.89 bits per heavy atom. The van der Waals surface area contributed by atoms with Crippen LogP contribution in [0.1, 0.15) is 18.5 Å². The van der Waals surface area contributed by atoms with Gasteiger partial charge < -0.3 is 5.32 Å². The largest absolute Gasteiger partial charge is 0.310 e. The normalized spacial score (nSPS) is 15.9. The number of thiazole rings is 1. The van der Waals surface area contributed by atoms with Crippen molar-refractivity contribution in [3.8, 4) is 0 Å². The average Bonchev–Trinajstić information content (AvgIpc) is 3.13. The number of rotatable bonds is 4. The molecule has 1 aliphatic heterocycles. The number of hydrogen-bond acceptors (Lipinski definition) is 6. The van der Waals surface area contributed by atoms with Crippen molar-refractivity contribution in [2.45, 2.75) is 19.4 Å². The van der Waals surface area contributed by atoms with Gasteiger partial charge in [0.1, 0.15) is 5.82 Å². The van der Waals surface area contributed by atoms with Crippen LogP contribution < -0.4 is 10.9 Å². The Labute approximate surface area is 168 Å². The van der Waals surface area contributed by atoms with Gasteiger partial charge in [0.05, 0.1) is 5.69 Å². The molecule has 9 heteroatoms. The Kier molecular flexibility index (Phi) is 5.33. The lowest BCUT2D eigenvalue weighted by atomic mass is 9.96. The summed E-state index contributed by atoms with van der Waals surface area (Å²) in [5, 5.41) is 4.74. The van der Waals surface area contributed by atoms with Crippen molar-refractivity contribution < 1.29 is 4.79 Å². The molecule has 0 saturated carbocycles. The molecule has 140 valence electrons. The number of carbonyl (C=O) groups is 1. The first-order valence-electron chi connectivity index (χ1n) is 8.69. The number of nitrogens with one attached hydrogen (secondary N) is 1. The molecule has 3 aromatic rings. The number of pyridine rings is 1. The van der Waals surface area contributed by atoms with Crippen LogP contribution in [0.5, 0.6) is 0 Å². The van der Waals surface area contributed by atoms with Crippen LogP contribution in [0.2, 0.25) is 0 Å². The van der Waals surface area contributed by atoms with Crippen LogP contribution in [0.4, 0.5) is 5.82 Å². The highest BCUT2D eigenvalue weighted by atomic mass is 79.9. The summed E-state index contributed by atoms with van der Waals surface area (Å²) in [5.74, 6) is 0.561. The molecule has 4 heterocycles. The van der Waals surface area contributed by atoms with E-state index in [1.54, 1.807) is 28.9 Å². The van der Waals surface area contributed by atoms with Gasteiger partial charge >= 0.3 is 0 Å². The maximum Gasteiger partial charge on any atom is 0.258 e. The number of halogens is 1. The fourth-order valence-corrected chi connectivity index (χ4v) is 4.20. The number of anilines is 1. The van der Waals surface area contributed by atoms with Crippen molar-refractivity contribution in [3.63, 3.8) is 0 Å². The number of hydrogen-bond donors (Lipinski definition) is 1. The molecule has 1 fully saturated rings. The van der Waals surface area contributed by atoms with Crippen molar-refractivity contribution in [2.75, 3.05) is 18.4 Å². The van der Waals surface area contributed by atoms with E-state index in [4.69, 9.17) is 0 Å². The van der Waals surface area contributed by atoms with E-state index in [1.165, 1.54) is 11.3 Å². The van der Waals surface area contributed by atoms with E-state index in [1.807, 2.05) is 11.4 Å². The van der Waals surface area contributed by atoms with Crippen LogP contribution in [0.15, 0.2) is 45.2 Å². The molecule has 1 saturated heterocycles. The minimum atomic E-state index is -0.0486. The number of likely N-dealkylation sites (tertiary alicyclic amines) is 1. The zero-order chi connectivity index (χ0) is 18.8. The summed E-state index contributed by atoms with van der Waals surface area (Å²) in [5.41, 5.74) is 0.733. The molecule has 1 N–H and O–H groups in total. The van der Waals surface area contributed by atoms with Gasteiger partial charge in [-0.1, -0.05) is 0 Å². The van der Waals surface area contributed by atoms with E-state index >= 15 is 0 Å². The molecule has 4 rings (SSSR count). The Bertz CT molecular complexity index is 1010. The Balaban J connectivity index is 1.33. The van der Waals surface area contributed by atoms with Gasteiger partial charge in [-0.2, -0.15) is 0 Å². The molecule has 0 aliphatic carbocycles. The van der Waals surface area contributed by atoms with Gasteiger partial charge in [0.2, 0.25) is 5.91 Å². The highest BCUT2D eigenvalue weighted by Gasteiger charge is 2.25. The molecule has 3 aromatic heterocycles. The number of fused-ring (bicyclic) bond motifs is 1. The van der Waals surface area contributed by atoms with Gasteiger partial charge in [0.25, 0.3) is 5.56 Å². The molecule has 1 aliphatic rings. The molecule has 0 bridgehead atoms. The molecular weight excluding hydrogens is 430 g/mol. The standard InChI is InChI=1S/C18H18BrN5O2S/c19-13-1-2-15(20-10-13)22-17(26)12-3-5-23(6-4-12)11-14-9-16(25)24-7-8-27-18(24)21-14/h1-2,7-10,12H,3-6,11H2,(H,20,22,26). The zero-order valence-electron chi connectivity index (χ0n) is 14.5. The molecule has 0 aromatic carbocycles. The monoisotopic (exact) mass is 447 g/mol. The first-order chi connectivity index (χ1) is 13.1. The second-order valence-electron chi connectivity index (χ2n) is 6.54. The van der Waals surface area contributed by atoms with Crippen molar-refractivity contribution in [3.05, 3.63) is 56.5 Å². The lowest BCUT2D eigenvalue weighted by Gasteiger charge is -2.30. The first kappa shape index (κ1) is 18.3. The lowest BCUT2D eigenvalue weighted by molar-refractivity contribution is -0.121. The minimum Gasteiger partial charge on any atom is -0.310 e. The smallest absolute Gasteiger partial charge is 0.258 e. The van der Waals surface area contributed by atoms with Gasteiger partial charge in [-0.3, -0.25) is 18.9 Å². The van der Waals surface area contributed by atoms with Gasteiger partial charge in [-0.25, -0.2) is 9.97 Å². The van der Waals surface area contributed by atoms with E-state index in [9.17, 15) is 9.59 Å². The van der Waals surface area contributed by atoms with Crippen LogP contribution in [0.25, 0.3) is 4.96 Å². The van der Waals surface area contributed by atoms with Crippen molar-refractivity contribution in [1.29, 1.82) is 0 Å². The third-order valence-corrected chi connectivity index (χ3v) is 5.90. The SMILES string of the molecule is O=C(Nc1ccc(Br)cn1)C1CCN(Cc2cc(=O)n3ccsc3n2)CC1. The van der Waals surface area contributed by atoms with Gasteiger partial charge in [-0.05, 0) is 54.0 Å². The summed E-state index contributed by atoms with van der Waals surface area (Å²) in [6.45, 7) is 2.24. The van der Waals surface area contributed by atoms with Crippen LogP contribution in [-0.4, -0.2) is 38.3 Å². The Morgan fingerprint density at radius 2 is 2.15 bits per heavy atom. The highest BCUT2D eigenvalue weighted by Crippen LogP contribution is 2.21. The van der Waals surface area contributed by atoms with Crippen molar-refractivity contribution >= 4 is 44.0 Å². The van der Waals surface area contributed by atoms with E-state index < -0.39 is 0 Å². The third-order valence-electron chi connectivity index (χ3n) is 4.68. The second-order valence-corrected chi connectivity index (χ2v) is 8.33. The molecule has 0 atom stereocenters. The van der Waals surface area contributed by atoms with Crippen LogP contribution >= 0.6 is 27.3 Å². The molecule has 0 unspecified atom stereocenters. The lowest BCUT2D eigenvalue weighted by Crippen LogP contribution is -2.38.